The Balaban J connectivity index is 2.21. The normalized spacial score (nSPS) is 10.5. The fourth-order valence-electron chi connectivity index (χ4n) is 2.24. The fraction of sp³-hybridized carbons (Fsp3) is 0.158. The van der Waals surface area contributed by atoms with Crippen LogP contribution in [0.1, 0.15) is 21.5 Å². The Morgan fingerprint density at radius 3 is 2.24 bits per heavy atom. The fourth-order valence-corrected chi connectivity index (χ4v) is 2.24. The number of methoxy groups -OCH3 is 2. The van der Waals surface area contributed by atoms with Gasteiger partial charge >= 0.3 is 11.9 Å². The molecule has 0 fully saturated rings. The number of rotatable bonds is 7. The topological polar surface area (TPSA) is 82.1 Å². The van der Waals surface area contributed by atoms with E-state index in [9.17, 15) is 14.7 Å². The van der Waals surface area contributed by atoms with E-state index in [1.165, 1.54) is 26.4 Å². The van der Waals surface area contributed by atoms with Gasteiger partial charge in [-0.25, -0.2) is 9.59 Å². The third-order valence-electron chi connectivity index (χ3n) is 3.43. The summed E-state index contributed by atoms with van der Waals surface area (Å²) >= 11 is 0. The summed E-state index contributed by atoms with van der Waals surface area (Å²) < 4.78 is 15.4. The predicted molar refractivity (Wildman–Crippen MR) is 91.8 cm³/mol. The number of hydrogen-bond donors (Lipinski definition) is 1. The van der Waals surface area contributed by atoms with Crippen molar-refractivity contribution in [1.29, 1.82) is 0 Å². The van der Waals surface area contributed by atoms with Crippen molar-refractivity contribution in [3.05, 3.63) is 65.2 Å². The molecule has 0 radical (unpaired) electrons. The van der Waals surface area contributed by atoms with Crippen LogP contribution in [-0.2, 0) is 16.1 Å². The number of ether oxygens (including phenoxy) is 3. The number of carboxylic acids is 1. The molecule has 0 heterocycles. The largest absolute Gasteiger partial charge is 0.496 e. The van der Waals surface area contributed by atoms with Crippen LogP contribution in [0.25, 0.3) is 6.08 Å². The Morgan fingerprint density at radius 1 is 1.00 bits per heavy atom. The van der Waals surface area contributed by atoms with Gasteiger partial charge in [0.25, 0.3) is 0 Å². The van der Waals surface area contributed by atoms with Crippen LogP contribution >= 0.6 is 0 Å². The molecular weight excluding hydrogens is 324 g/mol. The summed E-state index contributed by atoms with van der Waals surface area (Å²) in [5.41, 5.74) is 0.995. The monoisotopic (exact) mass is 342 g/mol. The maximum absolute atomic E-state index is 11.9. The Hall–Kier alpha value is -3.28. The standard InChI is InChI=1S/C19H18O6/c1-23-15-9-10-16(24-2)18(19(21)22)14(15)8-11-17(20)25-12-13-6-4-3-5-7-13/h3-11H,12H2,1-2H3,(H,21,22)/b11-8+. The van der Waals surface area contributed by atoms with Gasteiger partial charge in [0.2, 0.25) is 0 Å². The second-order valence-electron chi connectivity index (χ2n) is 4.99. The van der Waals surface area contributed by atoms with Gasteiger partial charge in [0.05, 0.1) is 14.2 Å². The summed E-state index contributed by atoms with van der Waals surface area (Å²) in [7, 11) is 2.79. The summed E-state index contributed by atoms with van der Waals surface area (Å²) in [6.07, 6.45) is 2.50. The van der Waals surface area contributed by atoms with Crippen LogP contribution in [-0.4, -0.2) is 31.3 Å². The summed E-state index contributed by atoms with van der Waals surface area (Å²) in [5, 5.41) is 9.43. The number of benzene rings is 2. The number of carbonyl (C=O) groups is 2. The van der Waals surface area contributed by atoms with Gasteiger partial charge in [0.1, 0.15) is 23.7 Å². The van der Waals surface area contributed by atoms with Crippen LogP contribution in [0.3, 0.4) is 0 Å². The van der Waals surface area contributed by atoms with Gasteiger partial charge in [0, 0.05) is 11.6 Å². The average molecular weight is 342 g/mol. The van der Waals surface area contributed by atoms with Gasteiger partial charge in [-0.05, 0) is 23.8 Å². The molecular formula is C19H18O6. The second-order valence-corrected chi connectivity index (χ2v) is 4.99. The number of carboxylic acid groups (broad SMARTS) is 1. The maximum atomic E-state index is 11.9. The highest BCUT2D eigenvalue weighted by atomic mass is 16.5. The molecule has 0 bridgehead atoms. The number of carbonyl (C=O) groups excluding carboxylic acids is 1. The number of aromatic carboxylic acids is 1. The van der Waals surface area contributed by atoms with Gasteiger partial charge in [-0.15, -0.1) is 0 Å². The lowest BCUT2D eigenvalue weighted by molar-refractivity contribution is -0.138. The smallest absolute Gasteiger partial charge is 0.340 e. The van der Waals surface area contributed by atoms with E-state index in [1.54, 1.807) is 6.07 Å². The highest BCUT2D eigenvalue weighted by Gasteiger charge is 2.19. The highest BCUT2D eigenvalue weighted by Crippen LogP contribution is 2.31. The molecule has 2 rings (SSSR count). The maximum Gasteiger partial charge on any atom is 0.340 e. The zero-order valence-electron chi connectivity index (χ0n) is 13.9. The molecule has 0 aromatic heterocycles. The first-order valence-electron chi connectivity index (χ1n) is 7.44. The quantitative estimate of drug-likeness (QED) is 0.615. The molecule has 2 aromatic carbocycles. The van der Waals surface area contributed by atoms with Gasteiger partial charge in [-0.1, -0.05) is 30.3 Å². The van der Waals surface area contributed by atoms with E-state index in [0.717, 1.165) is 11.6 Å². The van der Waals surface area contributed by atoms with Crippen molar-refractivity contribution in [2.45, 2.75) is 6.61 Å². The van der Waals surface area contributed by atoms with Crippen LogP contribution in [0, 0.1) is 0 Å². The van der Waals surface area contributed by atoms with E-state index in [-0.39, 0.29) is 23.5 Å². The zero-order valence-corrected chi connectivity index (χ0v) is 13.9. The zero-order chi connectivity index (χ0) is 18.2. The molecule has 25 heavy (non-hydrogen) atoms. The summed E-state index contributed by atoms with van der Waals surface area (Å²) in [4.78, 5) is 23.4. The molecule has 2 aromatic rings. The van der Waals surface area contributed by atoms with Crippen LogP contribution in [0.2, 0.25) is 0 Å². The van der Waals surface area contributed by atoms with Gasteiger partial charge in [-0.2, -0.15) is 0 Å². The summed E-state index contributed by atoms with van der Waals surface area (Å²) in [6, 6.07) is 12.3. The second kappa shape index (κ2) is 8.54. The van der Waals surface area contributed by atoms with Gasteiger partial charge in [-0.3, -0.25) is 0 Å². The summed E-state index contributed by atoms with van der Waals surface area (Å²) in [6.45, 7) is 0.130. The minimum Gasteiger partial charge on any atom is -0.496 e. The van der Waals surface area contributed by atoms with Crippen molar-refractivity contribution in [3.63, 3.8) is 0 Å². The molecule has 0 aliphatic carbocycles. The molecule has 0 atom stereocenters. The minimum atomic E-state index is -1.19. The first-order valence-corrected chi connectivity index (χ1v) is 7.44. The van der Waals surface area contributed by atoms with E-state index >= 15 is 0 Å². The molecule has 0 saturated carbocycles. The van der Waals surface area contributed by atoms with E-state index < -0.39 is 11.9 Å². The molecule has 0 saturated heterocycles. The molecule has 0 aliphatic rings. The Bertz CT molecular complexity index is 780. The Kier molecular flexibility index (Phi) is 6.17. The first-order chi connectivity index (χ1) is 12.1. The lowest BCUT2D eigenvalue weighted by Crippen LogP contribution is -2.06. The van der Waals surface area contributed by atoms with Crippen LogP contribution in [0.5, 0.6) is 11.5 Å². The van der Waals surface area contributed by atoms with Gasteiger partial charge in [0.15, 0.2) is 0 Å². The van der Waals surface area contributed by atoms with E-state index in [1.807, 2.05) is 30.3 Å². The highest BCUT2D eigenvalue weighted by molar-refractivity contribution is 5.98. The first kappa shape index (κ1) is 18.1. The van der Waals surface area contributed by atoms with Crippen molar-refractivity contribution < 1.29 is 28.9 Å². The Morgan fingerprint density at radius 2 is 1.64 bits per heavy atom. The van der Waals surface area contributed by atoms with Crippen molar-refractivity contribution in [3.8, 4) is 11.5 Å². The Labute approximate surface area is 145 Å². The van der Waals surface area contributed by atoms with E-state index in [2.05, 4.69) is 0 Å². The van der Waals surface area contributed by atoms with Crippen LogP contribution in [0.4, 0.5) is 0 Å². The van der Waals surface area contributed by atoms with E-state index in [0.29, 0.717) is 5.75 Å². The SMILES string of the molecule is COc1ccc(OC)c(C(=O)O)c1/C=C/C(=O)OCc1ccccc1. The average Bonchev–Trinajstić information content (AvgIpc) is 2.64. The molecule has 130 valence electrons. The molecule has 0 spiro atoms. The lowest BCUT2D eigenvalue weighted by atomic mass is 10.0. The van der Waals surface area contributed by atoms with Crippen molar-refractivity contribution in [1.82, 2.24) is 0 Å². The van der Waals surface area contributed by atoms with Crippen LogP contribution in [0.15, 0.2) is 48.5 Å². The minimum absolute atomic E-state index is 0.0889. The number of hydrogen-bond acceptors (Lipinski definition) is 5. The van der Waals surface area contributed by atoms with Crippen molar-refractivity contribution in [2.24, 2.45) is 0 Å². The molecule has 0 aliphatic heterocycles. The molecule has 6 nitrogen and oxygen atoms in total. The van der Waals surface area contributed by atoms with Gasteiger partial charge < -0.3 is 19.3 Å². The lowest BCUT2D eigenvalue weighted by Gasteiger charge is -2.12. The van der Waals surface area contributed by atoms with E-state index in [4.69, 9.17) is 14.2 Å². The molecule has 0 amide bonds. The molecule has 0 unspecified atom stereocenters. The third kappa shape index (κ3) is 4.60. The predicted octanol–water partition coefficient (Wildman–Crippen LogP) is 3.16. The van der Waals surface area contributed by atoms with Crippen molar-refractivity contribution in [2.75, 3.05) is 14.2 Å². The van der Waals surface area contributed by atoms with Crippen LogP contribution < -0.4 is 9.47 Å². The summed E-state index contributed by atoms with van der Waals surface area (Å²) in [5.74, 6) is -1.30. The number of esters is 1. The van der Waals surface area contributed by atoms with Crippen molar-refractivity contribution >= 4 is 18.0 Å². The molecule has 1 N–H and O–H groups in total. The molecule has 6 heteroatoms. The third-order valence-corrected chi connectivity index (χ3v) is 3.43.